The van der Waals surface area contributed by atoms with E-state index < -0.39 is 38.7 Å². The maximum atomic E-state index is 12.9. The lowest BCUT2D eigenvalue weighted by Crippen LogP contribution is -2.49. The van der Waals surface area contributed by atoms with Crippen LogP contribution in [-0.4, -0.2) is 83.1 Å². The molecule has 1 saturated heterocycles. The molecular weight excluding hydrogens is 557 g/mol. The van der Waals surface area contributed by atoms with Gasteiger partial charge in [-0.15, -0.1) is 0 Å². The quantitative estimate of drug-likeness (QED) is 0.269. The highest BCUT2D eigenvalue weighted by Gasteiger charge is 2.32. The fourth-order valence-electron chi connectivity index (χ4n) is 4.44. The number of carbonyl (C=O) groups excluding carboxylic acids is 2. The van der Waals surface area contributed by atoms with Gasteiger partial charge in [0.05, 0.1) is 18.2 Å². The van der Waals surface area contributed by atoms with Crippen LogP contribution in [0.5, 0.6) is 0 Å². The molecular formula is C27H43F3N6O4Si. The smallest absolute Gasteiger partial charge is 0.410 e. The van der Waals surface area contributed by atoms with Gasteiger partial charge in [-0.3, -0.25) is 4.79 Å². The normalized spacial score (nSPS) is 18.4. The second-order valence-electron chi connectivity index (χ2n) is 12.8. The molecule has 0 spiro atoms. The molecule has 1 fully saturated rings. The number of nitrogens with zero attached hydrogens (tertiary/aromatic N) is 4. The summed E-state index contributed by atoms with van der Waals surface area (Å²) in [5, 5.41) is 5.69. The van der Waals surface area contributed by atoms with Crippen LogP contribution in [0.15, 0.2) is 12.4 Å². The van der Waals surface area contributed by atoms with E-state index in [0.29, 0.717) is 37.5 Å². The molecule has 1 aliphatic rings. The van der Waals surface area contributed by atoms with Crippen LogP contribution in [0.2, 0.25) is 25.7 Å². The highest BCUT2D eigenvalue weighted by atomic mass is 28.3. The van der Waals surface area contributed by atoms with Crippen LogP contribution in [0.25, 0.3) is 11.2 Å². The maximum Gasteiger partial charge on any atom is 0.410 e. The number of rotatable bonds is 10. The summed E-state index contributed by atoms with van der Waals surface area (Å²) in [7, 11) is -1.30. The van der Waals surface area contributed by atoms with Gasteiger partial charge >= 0.3 is 12.3 Å². The van der Waals surface area contributed by atoms with Gasteiger partial charge in [0.1, 0.15) is 23.7 Å². The topological polar surface area (TPSA) is 111 Å². The number of ether oxygens (including phenoxy) is 2. The first-order valence-corrected chi connectivity index (χ1v) is 17.7. The molecule has 0 aromatic carbocycles. The first kappa shape index (κ1) is 32.6. The third-order valence-corrected chi connectivity index (χ3v) is 8.29. The standard InChI is InChI=1S/C27H43F3N6O4Si/c1-18-14-19(8-11-36(18)25(38)40-26(2,3)4)33-21-15-32-23-22(34-21)20(24(37)31-10-9-27(28,29)30)16-35(23)17-39-12-13-41(5,6)7/h15-16,18-19H,8-14,17H2,1-7H3,(H,31,37)(H,33,34)/t18-,19?/m1/s1. The molecule has 3 rings (SSSR count). The third kappa shape index (κ3) is 10.2. The zero-order chi connectivity index (χ0) is 30.6. The highest BCUT2D eigenvalue weighted by molar-refractivity contribution is 6.76. The summed E-state index contributed by atoms with van der Waals surface area (Å²) < 4.78 is 50.9. The minimum Gasteiger partial charge on any atom is -0.444 e. The number of nitrogens with one attached hydrogen (secondary N) is 2. The second-order valence-corrected chi connectivity index (χ2v) is 18.4. The van der Waals surface area contributed by atoms with E-state index in [2.05, 4.69) is 40.2 Å². The zero-order valence-electron chi connectivity index (χ0n) is 25.0. The summed E-state index contributed by atoms with van der Waals surface area (Å²) in [4.78, 5) is 36.3. The maximum absolute atomic E-state index is 12.9. The average molecular weight is 601 g/mol. The van der Waals surface area contributed by atoms with E-state index in [1.54, 1.807) is 15.7 Å². The van der Waals surface area contributed by atoms with E-state index in [1.165, 1.54) is 6.20 Å². The number of aromatic nitrogens is 3. The number of likely N-dealkylation sites (tertiary alicyclic amines) is 1. The molecule has 230 valence electrons. The van der Waals surface area contributed by atoms with Crippen molar-refractivity contribution in [3.05, 3.63) is 18.0 Å². The van der Waals surface area contributed by atoms with Crippen LogP contribution in [-0.2, 0) is 16.2 Å². The minimum atomic E-state index is -4.38. The van der Waals surface area contributed by atoms with Crippen molar-refractivity contribution in [2.24, 2.45) is 0 Å². The Morgan fingerprint density at radius 1 is 1.20 bits per heavy atom. The summed E-state index contributed by atoms with van der Waals surface area (Å²) in [6.45, 7) is 14.8. The van der Waals surface area contributed by atoms with Gasteiger partial charge in [-0.05, 0) is 46.6 Å². The molecule has 2 aromatic rings. The Labute approximate surface area is 240 Å². The van der Waals surface area contributed by atoms with Crippen molar-refractivity contribution in [1.82, 2.24) is 24.8 Å². The molecule has 10 nitrogen and oxygen atoms in total. The fraction of sp³-hybridized carbons (Fsp3) is 0.704. The predicted octanol–water partition coefficient (Wildman–Crippen LogP) is 5.63. The molecule has 1 aliphatic heterocycles. The lowest BCUT2D eigenvalue weighted by molar-refractivity contribution is -0.133. The Bertz CT molecular complexity index is 1210. The Hall–Kier alpha value is -2.87. The SMILES string of the molecule is C[C@@H]1CC(Nc2cnc3c(n2)c(C(=O)NCCC(F)(F)F)cn3COCC[Si](C)(C)C)CCN1C(=O)OC(C)(C)C. The number of halogens is 3. The number of piperidine rings is 1. The molecule has 14 heteroatoms. The second kappa shape index (κ2) is 13.0. The van der Waals surface area contributed by atoms with Crippen LogP contribution in [0.1, 0.15) is 57.3 Å². The molecule has 0 bridgehead atoms. The summed E-state index contributed by atoms with van der Waals surface area (Å²) in [6, 6.07) is 0.880. The number of carbonyl (C=O) groups is 2. The number of hydrogen-bond acceptors (Lipinski definition) is 7. The van der Waals surface area contributed by atoms with Gasteiger partial charge in [0, 0.05) is 46.1 Å². The minimum absolute atomic E-state index is 0.00789. The van der Waals surface area contributed by atoms with E-state index in [0.717, 1.165) is 6.04 Å². The first-order valence-electron chi connectivity index (χ1n) is 14.0. The highest BCUT2D eigenvalue weighted by Crippen LogP contribution is 2.25. The Kier molecular flexibility index (Phi) is 10.3. The predicted molar refractivity (Wildman–Crippen MR) is 154 cm³/mol. The Morgan fingerprint density at radius 3 is 2.51 bits per heavy atom. The van der Waals surface area contributed by atoms with Crippen LogP contribution >= 0.6 is 0 Å². The molecule has 41 heavy (non-hydrogen) atoms. The van der Waals surface area contributed by atoms with Crippen LogP contribution in [0, 0.1) is 0 Å². The van der Waals surface area contributed by atoms with Crippen molar-refractivity contribution in [2.75, 3.05) is 25.0 Å². The van der Waals surface area contributed by atoms with Gasteiger partial charge in [0.15, 0.2) is 5.65 Å². The van der Waals surface area contributed by atoms with E-state index in [-0.39, 0.29) is 36.0 Å². The monoisotopic (exact) mass is 600 g/mol. The van der Waals surface area contributed by atoms with Crippen LogP contribution in [0.3, 0.4) is 0 Å². The molecule has 3 heterocycles. The molecule has 0 radical (unpaired) electrons. The van der Waals surface area contributed by atoms with E-state index in [9.17, 15) is 22.8 Å². The number of fused-ring (bicyclic) bond motifs is 1. The first-order chi connectivity index (χ1) is 18.9. The largest absolute Gasteiger partial charge is 0.444 e. The van der Waals surface area contributed by atoms with Crippen molar-refractivity contribution >= 4 is 37.1 Å². The van der Waals surface area contributed by atoms with Crippen LogP contribution in [0.4, 0.5) is 23.8 Å². The van der Waals surface area contributed by atoms with E-state index in [4.69, 9.17) is 9.47 Å². The van der Waals surface area contributed by atoms with Gasteiger partial charge in [-0.25, -0.2) is 14.8 Å². The molecule has 2 atom stereocenters. The fourth-order valence-corrected chi connectivity index (χ4v) is 5.20. The van der Waals surface area contributed by atoms with Crippen molar-refractivity contribution in [3.8, 4) is 0 Å². The summed E-state index contributed by atoms with van der Waals surface area (Å²) in [6.07, 6.45) is -1.46. The lowest BCUT2D eigenvalue weighted by Gasteiger charge is -2.38. The van der Waals surface area contributed by atoms with Gasteiger partial charge in [-0.1, -0.05) is 19.6 Å². The zero-order valence-corrected chi connectivity index (χ0v) is 26.0. The molecule has 0 aliphatic carbocycles. The average Bonchev–Trinajstić information content (AvgIpc) is 3.17. The van der Waals surface area contributed by atoms with Gasteiger partial charge in [0.25, 0.3) is 5.91 Å². The number of anilines is 1. The van der Waals surface area contributed by atoms with Crippen molar-refractivity contribution < 1.29 is 32.2 Å². The molecule has 2 aromatic heterocycles. The van der Waals surface area contributed by atoms with Crippen molar-refractivity contribution in [2.45, 2.75) is 103 Å². The molecule has 1 unspecified atom stereocenters. The summed E-state index contributed by atoms with van der Waals surface area (Å²) >= 11 is 0. The molecule has 2 amide bonds. The van der Waals surface area contributed by atoms with Gasteiger partial charge in [0.2, 0.25) is 0 Å². The Balaban J connectivity index is 1.75. The third-order valence-electron chi connectivity index (χ3n) is 6.59. The molecule has 2 N–H and O–H groups in total. The Morgan fingerprint density at radius 2 is 1.90 bits per heavy atom. The number of alkyl halides is 3. The van der Waals surface area contributed by atoms with Gasteiger partial charge in [-0.2, -0.15) is 13.2 Å². The van der Waals surface area contributed by atoms with E-state index in [1.807, 2.05) is 27.7 Å². The van der Waals surface area contributed by atoms with Crippen molar-refractivity contribution in [1.29, 1.82) is 0 Å². The molecule has 0 saturated carbocycles. The van der Waals surface area contributed by atoms with Gasteiger partial charge < -0.3 is 29.6 Å². The van der Waals surface area contributed by atoms with E-state index >= 15 is 0 Å². The summed E-state index contributed by atoms with van der Waals surface area (Å²) in [5.41, 5.74) is 0.217. The number of hydrogen-bond donors (Lipinski definition) is 2. The summed E-state index contributed by atoms with van der Waals surface area (Å²) in [5.74, 6) is -0.229. The number of amides is 2. The van der Waals surface area contributed by atoms with Crippen LogP contribution < -0.4 is 10.6 Å². The lowest BCUT2D eigenvalue weighted by atomic mass is 9.99. The van der Waals surface area contributed by atoms with Crippen molar-refractivity contribution in [3.63, 3.8) is 0 Å².